The molecule has 0 saturated heterocycles. The Hall–Kier alpha value is -2.60. The number of nitrogens with two attached hydrogens (primary N) is 1. The van der Waals surface area contributed by atoms with Crippen LogP contribution in [0, 0.1) is 10.1 Å². The maximum atomic E-state index is 10.9. The van der Waals surface area contributed by atoms with Crippen molar-refractivity contribution in [3.8, 4) is 5.75 Å². The van der Waals surface area contributed by atoms with Crippen molar-refractivity contribution >= 4 is 23.2 Å². The van der Waals surface area contributed by atoms with Crippen LogP contribution in [0.2, 0.25) is 5.02 Å². The number of carbonyl (C=O) groups excluding carboxylic acids is 1. The van der Waals surface area contributed by atoms with E-state index in [0.29, 0.717) is 5.56 Å². The summed E-state index contributed by atoms with van der Waals surface area (Å²) in [6.45, 7) is 0.167. The number of nitrogens with zero attached hydrogens (tertiary/aromatic N) is 1. The lowest BCUT2D eigenvalue weighted by Gasteiger charge is -2.08. The van der Waals surface area contributed by atoms with E-state index in [1.54, 1.807) is 24.3 Å². The van der Waals surface area contributed by atoms with Gasteiger partial charge >= 0.3 is 0 Å². The van der Waals surface area contributed by atoms with Gasteiger partial charge in [0.15, 0.2) is 0 Å². The minimum atomic E-state index is -0.523. The summed E-state index contributed by atoms with van der Waals surface area (Å²) in [6, 6.07) is 10.5. The first kappa shape index (κ1) is 14.8. The van der Waals surface area contributed by atoms with Crippen molar-refractivity contribution in [1.29, 1.82) is 0 Å². The molecule has 0 aliphatic heterocycles. The molecule has 2 aromatic rings. The zero-order valence-corrected chi connectivity index (χ0v) is 11.5. The predicted octanol–water partition coefficient (Wildman–Crippen LogP) is 2.93. The predicted molar refractivity (Wildman–Crippen MR) is 77.4 cm³/mol. The van der Waals surface area contributed by atoms with Crippen LogP contribution in [0.3, 0.4) is 0 Å². The van der Waals surface area contributed by atoms with Crippen LogP contribution < -0.4 is 10.5 Å². The third-order valence-corrected chi connectivity index (χ3v) is 3.07. The molecule has 108 valence electrons. The molecule has 0 radical (unpaired) electrons. The van der Waals surface area contributed by atoms with E-state index in [1.165, 1.54) is 18.2 Å². The minimum Gasteiger partial charge on any atom is -0.487 e. The van der Waals surface area contributed by atoms with Crippen molar-refractivity contribution in [3.05, 3.63) is 68.7 Å². The maximum absolute atomic E-state index is 10.9. The molecule has 1 amide bonds. The maximum Gasteiger partial charge on any atom is 0.273 e. The molecule has 0 aliphatic carbocycles. The largest absolute Gasteiger partial charge is 0.487 e. The number of ether oxygens (including phenoxy) is 1. The molecular weight excluding hydrogens is 296 g/mol. The van der Waals surface area contributed by atoms with Gasteiger partial charge in [0.25, 0.3) is 5.69 Å². The van der Waals surface area contributed by atoms with Gasteiger partial charge in [0.1, 0.15) is 12.4 Å². The molecule has 21 heavy (non-hydrogen) atoms. The highest BCUT2D eigenvalue weighted by atomic mass is 35.5. The molecule has 2 aromatic carbocycles. The Morgan fingerprint density at radius 3 is 2.48 bits per heavy atom. The highest BCUT2D eigenvalue weighted by Gasteiger charge is 2.11. The molecule has 0 bridgehead atoms. The second-order valence-electron chi connectivity index (χ2n) is 4.22. The Balaban J connectivity index is 2.10. The van der Waals surface area contributed by atoms with Crippen molar-refractivity contribution in [2.75, 3.05) is 0 Å². The molecule has 0 heterocycles. The van der Waals surface area contributed by atoms with E-state index < -0.39 is 10.8 Å². The van der Waals surface area contributed by atoms with Gasteiger partial charge in [-0.2, -0.15) is 0 Å². The van der Waals surface area contributed by atoms with Crippen molar-refractivity contribution in [2.45, 2.75) is 6.61 Å². The summed E-state index contributed by atoms with van der Waals surface area (Å²) in [4.78, 5) is 21.1. The van der Waals surface area contributed by atoms with E-state index in [1.807, 2.05) is 0 Å². The Morgan fingerprint density at radius 1 is 1.24 bits per heavy atom. The topological polar surface area (TPSA) is 95.5 Å². The summed E-state index contributed by atoms with van der Waals surface area (Å²) in [5, 5.41) is 11.0. The summed E-state index contributed by atoms with van der Waals surface area (Å²) >= 11 is 5.93. The lowest BCUT2D eigenvalue weighted by atomic mass is 10.1. The Morgan fingerprint density at radius 2 is 1.90 bits per heavy atom. The van der Waals surface area contributed by atoms with Gasteiger partial charge in [0, 0.05) is 11.6 Å². The Kier molecular flexibility index (Phi) is 4.39. The molecule has 2 N–H and O–H groups in total. The monoisotopic (exact) mass is 306 g/mol. The normalized spacial score (nSPS) is 10.1. The highest BCUT2D eigenvalue weighted by molar-refractivity contribution is 6.32. The first-order valence-electron chi connectivity index (χ1n) is 5.93. The number of benzene rings is 2. The van der Waals surface area contributed by atoms with Crippen molar-refractivity contribution in [2.24, 2.45) is 5.73 Å². The average Bonchev–Trinajstić information content (AvgIpc) is 2.46. The summed E-state index contributed by atoms with van der Waals surface area (Å²) < 4.78 is 5.46. The van der Waals surface area contributed by atoms with Gasteiger partial charge in [0.05, 0.1) is 16.0 Å². The van der Waals surface area contributed by atoms with Gasteiger partial charge in [0.2, 0.25) is 5.91 Å². The van der Waals surface area contributed by atoms with Gasteiger partial charge in [-0.05, 0) is 23.8 Å². The van der Waals surface area contributed by atoms with Crippen LogP contribution in [0.25, 0.3) is 0 Å². The number of carbonyl (C=O) groups is 1. The molecular formula is C14H11ClN2O4. The van der Waals surface area contributed by atoms with Gasteiger partial charge < -0.3 is 10.5 Å². The molecule has 0 unspecified atom stereocenters. The number of nitro benzene ring substituents is 1. The Labute approximate surface area is 125 Å². The standard InChI is InChI=1S/C14H11ClN2O4/c15-12-6-5-11(17(19)20)7-13(12)21-8-9-1-3-10(4-2-9)14(16)18/h1-7H,8H2,(H2,16,18). The van der Waals surface area contributed by atoms with Crippen LogP contribution in [0.15, 0.2) is 42.5 Å². The Bertz CT molecular complexity index is 686. The number of nitro groups is 1. The summed E-state index contributed by atoms with van der Waals surface area (Å²) in [5.41, 5.74) is 6.22. The van der Waals surface area contributed by atoms with Gasteiger partial charge in [-0.3, -0.25) is 14.9 Å². The van der Waals surface area contributed by atoms with E-state index >= 15 is 0 Å². The number of primary amides is 1. The van der Waals surface area contributed by atoms with Crippen LogP contribution >= 0.6 is 11.6 Å². The lowest BCUT2D eigenvalue weighted by Crippen LogP contribution is -2.10. The van der Waals surface area contributed by atoms with Gasteiger partial charge in [-0.25, -0.2) is 0 Å². The molecule has 6 nitrogen and oxygen atoms in total. The quantitative estimate of drug-likeness (QED) is 0.678. The molecule has 0 saturated carbocycles. The van der Waals surface area contributed by atoms with Crippen LogP contribution in [0.5, 0.6) is 5.75 Å². The molecule has 2 rings (SSSR count). The average molecular weight is 307 g/mol. The lowest BCUT2D eigenvalue weighted by molar-refractivity contribution is -0.384. The highest BCUT2D eigenvalue weighted by Crippen LogP contribution is 2.29. The van der Waals surface area contributed by atoms with E-state index in [0.717, 1.165) is 5.56 Å². The molecule has 0 aromatic heterocycles. The molecule has 0 fully saturated rings. The fourth-order valence-corrected chi connectivity index (χ4v) is 1.81. The minimum absolute atomic E-state index is 0.0986. The molecule has 7 heteroatoms. The third-order valence-electron chi connectivity index (χ3n) is 2.76. The number of non-ortho nitro benzene ring substituents is 1. The SMILES string of the molecule is NC(=O)c1ccc(COc2cc([N+](=O)[O-])ccc2Cl)cc1. The summed E-state index contributed by atoms with van der Waals surface area (Å²) in [6.07, 6.45) is 0. The van der Waals surface area contributed by atoms with E-state index in [2.05, 4.69) is 0 Å². The van der Waals surface area contributed by atoms with Crippen molar-refractivity contribution < 1.29 is 14.5 Å². The first-order chi connectivity index (χ1) is 9.97. The van der Waals surface area contributed by atoms with Crippen LogP contribution in [0.4, 0.5) is 5.69 Å². The van der Waals surface area contributed by atoms with E-state index in [9.17, 15) is 14.9 Å². The zero-order chi connectivity index (χ0) is 15.4. The number of hydrogen-bond acceptors (Lipinski definition) is 4. The van der Waals surface area contributed by atoms with Crippen molar-refractivity contribution in [3.63, 3.8) is 0 Å². The summed E-state index contributed by atoms with van der Waals surface area (Å²) in [5.74, 6) is -0.283. The molecule has 0 spiro atoms. The number of hydrogen-bond donors (Lipinski definition) is 1. The van der Waals surface area contributed by atoms with Crippen molar-refractivity contribution in [1.82, 2.24) is 0 Å². The van der Waals surface area contributed by atoms with Crippen LogP contribution in [-0.4, -0.2) is 10.8 Å². The van der Waals surface area contributed by atoms with E-state index in [4.69, 9.17) is 22.1 Å². The van der Waals surface area contributed by atoms with E-state index in [-0.39, 0.29) is 23.1 Å². The number of rotatable bonds is 5. The smallest absolute Gasteiger partial charge is 0.273 e. The third kappa shape index (κ3) is 3.70. The summed E-state index contributed by atoms with van der Waals surface area (Å²) in [7, 11) is 0. The van der Waals surface area contributed by atoms with Crippen LogP contribution in [0.1, 0.15) is 15.9 Å². The second-order valence-corrected chi connectivity index (χ2v) is 4.63. The molecule has 0 aliphatic rings. The zero-order valence-electron chi connectivity index (χ0n) is 10.8. The fourth-order valence-electron chi connectivity index (χ4n) is 1.64. The molecule has 0 atom stereocenters. The number of halogens is 1. The number of amides is 1. The van der Waals surface area contributed by atoms with Crippen LogP contribution in [-0.2, 0) is 6.61 Å². The first-order valence-corrected chi connectivity index (χ1v) is 6.30. The van der Waals surface area contributed by atoms with Gasteiger partial charge in [-0.1, -0.05) is 23.7 Å². The van der Waals surface area contributed by atoms with Gasteiger partial charge in [-0.15, -0.1) is 0 Å². The second kappa shape index (κ2) is 6.23. The fraction of sp³-hybridized carbons (Fsp3) is 0.0714.